The average Bonchev–Trinajstić information content (AvgIpc) is 2.99. The van der Waals surface area contributed by atoms with Gasteiger partial charge in [0.2, 0.25) is 18.2 Å². The molecule has 0 unspecified atom stereocenters. The van der Waals surface area contributed by atoms with Gasteiger partial charge >= 0.3 is 0 Å². The van der Waals surface area contributed by atoms with Crippen molar-refractivity contribution in [3.8, 4) is 11.5 Å². The Morgan fingerprint density at radius 3 is 2.80 bits per heavy atom. The topological polar surface area (TPSA) is 89.3 Å². The van der Waals surface area contributed by atoms with Gasteiger partial charge in [0.15, 0.2) is 0 Å². The van der Waals surface area contributed by atoms with Crippen LogP contribution in [0.3, 0.4) is 0 Å². The molecule has 1 aromatic carbocycles. The van der Waals surface area contributed by atoms with Crippen LogP contribution < -0.4 is 10.6 Å². The molecule has 0 atom stereocenters. The minimum absolute atomic E-state index is 0.105. The fourth-order valence-electron chi connectivity index (χ4n) is 1.58. The van der Waals surface area contributed by atoms with Crippen molar-refractivity contribution in [3.63, 3.8) is 0 Å². The molecule has 0 bridgehead atoms. The molecule has 1 aromatic heterocycles. The lowest BCUT2D eigenvalue weighted by atomic mass is 10.2. The number of ether oxygens (including phenoxy) is 1. The van der Waals surface area contributed by atoms with E-state index in [9.17, 15) is 4.79 Å². The Hall–Kier alpha value is -2.25. The number of benzene rings is 1. The second-order valence-electron chi connectivity index (χ2n) is 4.04. The van der Waals surface area contributed by atoms with Crippen molar-refractivity contribution in [1.29, 1.82) is 0 Å². The molecule has 1 heterocycles. The Labute approximate surface area is 116 Å². The Bertz CT molecular complexity index is 525. The highest BCUT2D eigenvalue weighted by Crippen LogP contribution is 2.18. The van der Waals surface area contributed by atoms with E-state index in [1.54, 1.807) is 19.2 Å². The first-order valence-corrected chi connectivity index (χ1v) is 6.15. The number of aromatic nitrogens is 2. The van der Waals surface area contributed by atoms with E-state index in [1.807, 2.05) is 12.1 Å². The van der Waals surface area contributed by atoms with Crippen molar-refractivity contribution in [2.24, 2.45) is 0 Å². The van der Waals surface area contributed by atoms with E-state index in [0.717, 1.165) is 5.56 Å². The van der Waals surface area contributed by atoms with E-state index in [-0.39, 0.29) is 12.5 Å². The van der Waals surface area contributed by atoms with E-state index in [4.69, 9.17) is 9.15 Å². The fraction of sp³-hybridized carbons (Fsp3) is 0.308. The molecule has 2 N–H and O–H groups in total. The van der Waals surface area contributed by atoms with Crippen LogP contribution in [0.15, 0.2) is 35.1 Å². The molecule has 1 amide bonds. The van der Waals surface area contributed by atoms with E-state index in [1.165, 1.54) is 6.39 Å². The maximum atomic E-state index is 11.6. The third-order valence-corrected chi connectivity index (χ3v) is 2.54. The van der Waals surface area contributed by atoms with Gasteiger partial charge in [0.05, 0.1) is 13.2 Å². The summed E-state index contributed by atoms with van der Waals surface area (Å²) in [6.07, 6.45) is 1.27. The van der Waals surface area contributed by atoms with Crippen LogP contribution in [0.1, 0.15) is 0 Å². The van der Waals surface area contributed by atoms with E-state index in [0.29, 0.717) is 24.7 Å². The zero-order valence-corrected chi connectivity index (χ0v) is 11.1. The molecule has 0 saturated carbocycles. The van der Waals surface area contributed by atoms with Gasteiger partial charge < -0.3 is 19.8 Å². The van der Waals surface area contributed by atoms with Gasteiger partial charge in [0.25, 0.3) is 0 Å². The summed E-state index contributed by atoms with van der Waals surface area (Å²) >= 11 is 0. The highest BCUT2D eigenvalue weighted by Gasteiger charge is 2.05. The zero-order chi connectivity index (χ0) is 14.2. The van der Waals surface area contributed by atoms with Crippen LogP contribution in [0, 0.1) is 0 Å². The third kappa shape index (κ3) is 4.15. The monoisotopic (exact) mass is 276 g/mol. The molecule has 0 aliphatic carbocycles. The van der Waals surface area contributed by atoms with Crippen LogP contribution in [0.4, 0.5) is 5.69 Å². The molecule has 0 spiro atoms. The Morgan fingerprint density at radius 2 is 2.15 bits per heavy atom. The van der Waals surface area contributed by atoms with E-state index in [2.05, 4.69) is 20.8 Å². The molecule has 7 nitrogen and oxygen atoms in total. The average molecular weight is 276 g/mol. The van der Waals surface area contributed by atoms with Crippen molar-refractivity contribution in [2.45, 2.75) is 0 Å². The normalized spacial score (nSPS) is 10.4. The Balaban J connectivity index is 1.83. The molecule has 0 radical (unpaired) electrons. The number of nitrogens with one attached hydrogen (secondary N) is 2. The molecule has 0 fully saturated rings. The molecular formula is C13H16N4O3. The molecule has 2 rings (SSSR count). The van der Waals surface area contributed by atoms with Gasteiger partial charge in [-0.15, -0.1) is 10.2 Å². The predicted octanol–water partition coefficient (Wildman–Crippen LogP) is 0.911. The van der Waals surface area contributed by atoms with Crippen LogP contribution in [-0.2, 0) is 9.53 Å². The number of anilines is 1. The molecule has 0 aliphatic rings. The van der Waals surface area contributed by atoms with Gasteiger partial charge in [-0.1, -0.05) is 0 Å². The number of rotatable bonds is 7. The number of carbonyl (C=O) groups is 1. The van der Waals surface area contributed by atoms with Gasteiger partial charge in [0, 0.05) is 24.9 Å². The van der Waals surface area contributed by atoms with Gasteiger partial charge in [-0.05, 0) is 24.3 Å². The first-order chi connectivity index (χ1) is 9.79. The van der Waals surface area contributed by atoms with Gasteiger partial charge in [-0.2, -0.15) is 0 Å². The summed E-state index contributed by atoms with van der Waals surface area (Å²) in [6.45, 7) is 1.46. The number of methoxy groups -OCH3 is 1. The van der Waals surface area contributed by atoms with Crippen LogP contribution in [0.2, 0.25) is 0 Å². The van der Waals surface area contributed by atoms with E-state index >= 15 is 0 Å². The third-order valence-electron chi connectivity index (χ3n) is 2.54. The van der Waals surface area contributed by atoms with Crippen LogP contribution in [0.25, 0.3) is 11.5 Å². The molecule has 106 valence electrons. The number of hydrogen-bond acceptors (Lipinski definition) is 6. The highest BCUT2D eigenvalue weighted by molar-refractivity contribution is 5.92. The largest absolute Gasteiger partial charge is 0.423 e. The lowest BCUT2D eigenvalue weighted by Gasteiger charge is -2.06. The summed E-state index contributed by atoms with van der Waals surface area (Å²) in [5, 5.41) is 13.2. The first-order valence-electron chi connectivity index (χ1n) is 6.15. The van der Waals surface area contributed by atoms with E-state index < -0.39 is 0 Å². The fourth-order valence-corrected chi connectivity index (χ4v) is 1.58. The number of amides is 1. The summed E-state index contributed by atoms with van der Waals surface area (Å²) in [7, 11) is 1.62. The maximum Gasteiger partial charge on any atom is 0.247 e. The second kappa shape index (κ2) is 7.37. The number of nitrogens with zero attached hydrogens (tertiary/aromatic N) is 2. The maximum absolute atomic E-state index is 11.6. The van der Waals surface area contributed by atoms with Gasteiger partial charge in [-0.25, -0.2) is 0 Å². The summed E-state index contributed by atoms with van der Waals surface area (Å²) in [5.74, 6) is 0.343. The van der Waals surface area contributed by atoms with Crippen molar-refractivity contribution in [3.05, 3.63) is 30.7 Å². The molecule has 7 heteroatoms. The predicted molar refractivity (Wildman–Crippen MR) is 73.1 cm³/mol. The van der Waals surface area contributed by atoms with Crippen molar-refractivity contribution < 1.29 is 13.9 Å². The standard InChI is InChI=1S/C13H16N4O3/c1-19-7-6-14-8-12(18)16-11-4-2-10(3-5-11)13-17-15-9-20-13/h2-5,9,14H,6-8H2,1H3,(H,16,18). The van der Waals surface area contributed by atoms with Crippen molar-refractivity contribution in [1.82, 2.24) is 15.5 Å². The lowest BCUT2D eigenvalue weighted by Crippen LogP contribution is -2.30. The smallest absolute Gasteiger partial charge is 0.247 e. The first kappa shape index (κ1) is 14.2. The molecular weight excluding hydrogens is 260 g/mol. The summed E-state index contributed by atoms with van der Waals surface area (Å²) in [5.41, 5.74) is 1.52. The van der Waals surface area contributed by atoms with Crippen LogP contribution in [-0.4, -0.2) is 42.9 Å². The highest BCUT2D eigenvalue weighted by atomic mass is 16.5. The minimum atomic E-state index is -0.105. The molecule has 2 aromatic rings. The minimum Gasteiger partial charge on any atom is -0.423 e. The SMILES string of the molecule is COCCNCC(=O)Nc1ccc(-c2nnco2)cc1. The summed E-state index contributed by atoms with van der Waals surface area (Å²) < 4.78 is 9.96. The lowest BCUT2D eigenvalue weighted by molar-refractivity contribution is -0.115. The van der Waals surface area contributed by atoms with Crippen LogP contribution in [0.5, 0.6) is 0 Å². The number of carbonyl (C=O) groups excluding carboxylic acids is 1. The van der Waals surface area contributed by atoms with Crippen molar-refractivity contribution in [2.75, 3.05) is 32.1 Å². The summed E-state index contributed by atoms with van der Waals surface area (Å²) in [6, 6.07) is 7.18. The Kier molecular flexibility index (Phi) is 5.22. The molecule has 0 saturated heterocycles. The number of hydrogen-bond donors (Lipinski definition) is 2. The van der Waals surface area contributed by atoms with Gasteiger partial charge in [0.1, 0.15) is 0 Å². The quantitative estimate of drug-likeness (QED) is 0.731. The van der Waals surface area contributed by atoms with Crippen LogP contribution >= 0.6 is 0 Å². The zero-order valence-electron chi connectivity index (χ0n) is 11.1. The van der Waals surface area contributed by atoms with Gasteiger partial charge in [-0.3, -0.25) is 4.79 Å². The molecule has 20 heavy (non-hydrogen) atoms. The van der Waals surface area contributed by atoms with Crippen molar-refractivity contribution >= 4 is 11.6 Å². The molecule has 0 aliphatic heterocycles. The second-order valence-corrected chi connectivity index (χ2v) is 4.04. The summed E-state index contributed by atoms with van der Waals surface area (Å²) in [4.78, 5) is 11.6. The Morgan fingerprint density at radius 1 is 1.35 bits per heavy atom.